The highest BCUT2D eigenvalue weighted by atomic mass is 16.5. The van der Waals surface area contributed by atoms with E-state index in [1.54, 1.807) is 7.05 Å². The summed E-state index contributed by atoms with van der Waals surface area (Å²) in [6.07, 6.45) is 4.09. The van der Waals surface area contributed by atoms with Gasteiger partial charge in [-0.05, 0) is 38.8 Å². The van der Waals surface area contributed by atoms with Crippen molar-refractivity contribution in [2.45, 2.75) is 37.6 Å². The van der Waals surface area contributed by atoms with E-state index in [-0.39, 0.29) is 11.6 Å². The molecule has 1 amide bonds. The van der Waals surface area contributed by atoms with Crippen LogP contribution in [-0.4, -0.2) is 76.0 Å². The Labute approximate surface area is 147 Å². The van der Waals surface area contributed by atoms with Crippen LogP contribution < -0.4 is 5.69 Å². The normalized spacial score (nSPS) is 23.2. The molecule has 1 aromatic heterocycles. The molecule has 0 atom stereocenters. The standard InChI is InChI=1S/C17H27N5O3/c1-19-17(24)22(14-2-3-14)16(18-19)13-4-6-20(7-5-13)12-15(23)21-8-10-25-11-9-21/h13-14H,2-12H2,1H3. The van der Waals surface area contributed by atoms with E-state index in [1.807, 2.05) is 9.47 Å². The van der Waals surface area contributed by atoms with E-state index in [2.05, 4.69) is 10.00 Å². The first kappa shape index (κ1) is 16.8. The van der Waals surface area contributed by atoms with E-state index < -0.39 is 0 Å². The lowest BCUT2D eigenvalue weighted by Crippen LogP contribution is -2.47. The quantitative estimate of drug-likeness (QED) is 0.762. The van der Waals surface area contributed by atoms with Crippen LogP contribution in [0.25, 0.3) is 0 Å². The van der Waals surface area contributed by atoms with Crippen LogP contribution in [0.4, 0.5) is 0 Å². The largest absolute Gasteiger partial charge is 0.378 e. The Hall–Kier alpha value is -1.67. The molecule has 4 rings (SSSR count). The van der Waals surface area contributed by atoms with Gasteiger partial charge in [-0.15, -0.1) is 0 Å². The molecule has 2 saturated heterocycles. The van der Waals surface area contributed by atoms with Crippen LogP contribution >= 0.6 is 0 Å². The minimum Gasteiger partial charge on any atom is -0.378 e. The first-order valence-corrected chi connectivity index (χ1v) is 9.37. The summed E-state index contributed by atoms with van der Waals surface area (Å²) < 4.78 is 8.70. The first-order valence-electron chi connectivity index (χ1n) is 9.37. The predicted octanol–water partition coefficient (Wildman–Crippen LogP) is -0.0451. The third-order valence-electron chi connectivity index (χ3n) is 5.57. The van der Waals surface area contributed by atoms with E-state index in [1.165, 1.54) is 4.68 Å². The molecule has 8 heteroatoms. The number of aryl methyl sites for hydroxylation is 1. The van der Waals surface area contributed by atoms with Gasteiger partial charge in [0, 0.05) is 32.1 Å². The van der Waals surface area contributed by atoms with Crippen LogP contribution in [0, 0.1) is 0 Å². The number of morpholine rings is 1. The Balaban J connectivity index is 1.35. The van der Waals surface area contributed by atoms with Gasteiger partial charge in [-0.25, -0.2) is 9.48 Å². The molecule has 138 valence electrons. The lowest BCUT2D eigenvalue weighted by atomic mass is 9.96. The SMILES string of the molecule is Cn1nc(C2CCN(CC(=O)N3CCOCC3)CC2)n(C2CC2)c1=O. The predicted molar refractivity (Wildman–Crippen MR) is 91.6 cm³/mol. The molecular formula is C17H27N5O3. The number of piperidine rings is 1. The highest BCUT2D eigenvalue weighted by Gasteiger charge is 2.34. The molecule has 25 heavy (non-hydrogen) atoms. The van der Waals surface area contributed by atoms with Crippen molar-refractivity contribution in [3.8, 4) is 0 Å². The van der Waals surface area contributed by atoms with Crippen molar-refractivity contribution in [3.63, 3.8) is 0 Å². The Morgan fingerprint density at radius 2 is 1.80 bits per heavy atom. The van der Waals surface area contributed by atoms with Crippen molar-refractivity contribution in [2.24, 2.45) is 7.05 Å². The number of aromatic nitrogens is 3. The fourth-order valence-corrected chi connectivity index (χ4v) is 3.91. The second-order valence-electron chi connectivity index (χ2n) is 7.41. The Bertz CT molecular complexity index is 679. The summed E-state index contributed by atoms with van der Waals surface area (Å²) in [7, 11) is 1.74. The summed E-state index contributed by atoms with van der Waals surface area (Å²) in [4.78, 5) is 28.8. The van der Waals surface area contributed by atoms with Gasteiger partial charge in [-0.3, -0.25) is 14.3 Å². The number of carbonyl (C=O) groups is 1. The summed E-state index contributed by atoms with van der Waals surface area (Å²) in [6, 6.07) is 0.358. The van der Waals surface area contributed by atoms with Gasteiger partial charge in [-0.2, -0.15) is 5.10 Å². The maximum absolute atomic E-state index is 12.4. The zero-order valence-corrected chi connectivity index (χ0v) is 14.9. The summed E-state index contributed by atoms with van der Waals surface area (Å²) in [5, 5.41) is 4.51. The van der Waals surface area contributed by atoms with Crippen molar-refractivity contribution in [1.29, 1.82) is 0 Å². The van der Waals surface area contributed by atoms with Gasteiger partial charge in [0.05, 0.1) is 19.8 Å². The number of rotatable bonds is 4. The Morgan fingerprint density at radius 3 is 2.44 bits per heavy atom. The van der Waals surface area contributed by atoms with E-state index in [0.29, 0.717) is 44.8 Å². The van der Waals surface area contributed by atoms with Gasteiger partial charge in [0.15, 0.2) is 0 Å². The number of carbonyl (C=O) groups excluding carboxylic acids is 1. The fraction of sp³-hybridized carbons (Fsp3) is 0.824. The summed E-state index contributed by atoms with van der Waals surface area (Å²) >= 11 is 0. The van der Waals surface area contributed by atoms with E-state index >= 15 is 0 Å². The summed E-state index contributed by atoms with van der Waals surface area (Å²) in [5.74, 6) is 1.48. The minimum atomic E-state index is 0.0161. The summed E-state index contributed by atoms with van der Waals surface area (Å²) in [6.45, 7) is 4.96. The molecule has 0 unspecified atom stereocenters. The highest BCUT2D eigenvalue weighted by Crippen LogP contribution is 2.37. The van der Waals surface area contributed by atoms with Gasteiger partial charge in [0.1, 0.15) is 5.82 Å². The lowest BCUT2D eigenvalue weighted by molar-refractivity contribution is -0.136. The molecule has 3 fully saturated rings. The number of likely N-dealkylation sites (tertiary alicyclic amines) is 1. The third kappa shape index (κ3) is 3.50. The molecule has 1 aromatic rings. The average Bonchev–Trinajstić information content (AvgIpc) is 3.43. The molecule has 0 bridgehead atoms. The molecule has 8 nitrogen and oxygen atoms in total. The zero-order valence-electron chi connectivity index (χ0n) is 14.9. The fourth-order valence-electron chi connectivity index (χ4n) is 3.91. The Kier molecular flexibility index (Phi) is 4.64. The molecule has 0 spiro atoms. The van der Waals surface area contributed by atoms with E-state index in [0.717, 1.165) is 44.6 Å². The van der Waals surface area contributed by atoms with Crippen molar-refractivity contribution in [3.05, 3.63) is 16.3 Å². The number of nitrogens with zero attached hydrogens (tertiary/aromatic N) is 5. The van der Waals surface area contributed by atoms with Gasteiger partial charge in [-0.1, -0.05) is 0 Å². The first-order chi connectivity index (χ1) is 12.1. The van der Waals surface area contributed by atoms with Crippen LogP contribution in [0.3, 0.4) is 0 Å². The topological polar surface area (TPSA) is 72.6 Å². The van der Waals surface area contributed by atoms with Crippen molar-refractivity contribution in [2.75, 3.05) is 45.9 Å². The molecule has 1 aliphatic carbocycles. The average molecular weight is 349 g/mol. The number of ether oxygens (including phenoxy) is 1. The third-order valence-corrected chi connectivity index (χ3v) is 5.57. The van der Waals surface area contributed by atoms with Gasteiger partial charge >= 0.3 is 5.69 Å². The second-order valence-corrected chi connectivity index (χ2v) is 7.41. The van der Waals surface area contributed by atoms with E-state index in [9.17, 15) is 9.59 Å². The second kappa shape index (κ2) is 6.92. The highest BCUT2D eigenvalue weighted by molar-refractivity contribution is 5.78. The smallest absolute Gasteiger partial charge is 0.345 e. The number of hydrogen-bond donors (Lipinski definition) is 0. The van der Waals surface area contributed by atoms with Crippen LogP contribution in [0.15, 0.2) is 4.79 Å². The molecule has 0 aromatic carbocycles. The van der Waals surface area contributed by atoms with Crippen LogP contribution in [0.5, 0.6) is 0 Å². The maximum Gasteiger partial charge on any atom is 0.345 e. The molecule has 3 heterocycles. The van der Waals surface area contributed by atoms with Gasteiger partial charge < -0.3 is 9.64 Å². The lowest BCUT2D eigenvalue weighted by Gasteiger charge is -2.33. The zero-order chi connectivity index (χ0) is 17.4. The van der Waals surface area contributed by atoms with Crippen molar-refractivity contribution < 1.29 is 9.53 Å². The van der Waals surface area contributed by atoms with Crippen LogP contribution in [-0.2, 0) is 16.6 Å². The monoisotopic (exact) mass is 349 g/mol. The van der Waals surface area contributed by atoms with Gasteiger partial charge in [0.25, 0.3) is 0 Å². The molecule has 2 aliphatic heterocycles. The van der Waals surface area contributed by atoms with Crippen molar-refractivity contribution in [1.82, 2.24) is 24.1 Å². The Morgan fingerprint density at radius 1 is 1.12 bits per heavy atom. The molecule has 3 aliphatic rings. The van der Waals surface area contributed by atoms with E-state index in [4.69, 9.17) is 4.74 Å². The molecular weight excluding hydrogens is 322 g/mol. The molecule has 0 radical (unpaired) electrons. The molecule has 1 saturated carbocycles. The molecule has 0 N–H and O–H groups in total. The van der Waals surface area contributed by atoms with Crippen LogP contribution in [0.1, 0.15) is 43.5 Å². The minimum absolute atomic E-state index is 0.0161. The number of hydrogen-bond acceptors (Lipinski definition) is 5. The summed E-state index contributed by atoms with van der Waals surface area (Å²) in [5.41, 5.74) is 0.0161. The van der Waals surface area contributed by atoms with Crippen LogP contribution in [0.2, 0.25) is 0 Å². The van der Waals surface area contributed by atoms with Crippen molar-refractivity contribution >= 4 is 5.91 Å². The number of amides is 1. The maximum atomic E-state index is 12.4. The van der Waals surface area contributed by atoms with Gasteiger partial charge in [0.2, 0.25) is 5.91 Å².